The second-order valence-corrected chi connectivity index (χ2v) is 4.76. The minimum absolute atomic E-state index is 0.0801. The largest absolute Gasteiger partial charge is 0.481 e. The van der Waals surface area contributed by atoms with Crippen LogP contribution in [0.1, 0.15) is 24.4 Å². The van der Waals surface area contributed by atoms with Crippen LogP contribution in [0.5, 0.6) is 0 Å². The lowest BCUT2D eigenvalue weighted by atomic mass is 10.1. The molecule has 2 unspecified atom stereocenters. The summed E-state index contributed by atoms with van der Waals surface area (Å²) in [5.74, 6) is -4.72. The summed E-state index contributed by atoms with van der Waals surface area (Å²) in [6.07, 6.45) is -0.857. The van der Waals surface area contributed by atoms with Crippen LogP contribution in [0, 0.1) is 5.82 Å². The van der Waals surface area contributed by atoms with Gasteiger partial charge in [-0.2, -0.15) is 0 Å². The number of halogens is 1. The summed E-state index contributed by atoms with van der Waals surface area (Å²) in [5, 5.41) is 30.6. The highest BCUT2D eigenvalue weighted by Crippen LogP contribution is 2.14. The summed E-state index contributed by atoms with van der Waals surface area (Å²) in [5.41, 5.74) is 0.0801. The summed E-state index contributed by atoms with van der Waals surface area (Å²) in [7, 11) is 0. The van der Waals surface area contributed by atoms with E-state index in [2.05, 4.69) is 0 Å². The van der Waals surface area contributed by atoms with Crippen LogP contribution < -0.4 is 10.6 Å². The number of hydrogen-bond acceptors (Lipinski definition) is 4. The molecule has 0 fully saturated rings. The minimum atomic E-state index is -1.53. The van der Waals surface area contributed by atoms with Crippen molar-refractivity contribution < 1.29 is 38.9 Å². The van der Waals surface area contributed by atoms with Gasteiger partial charge in [-0.15, -0.1) is 0 Å². The van der Waals surface area contributed by atoms with E-state index in [0.29, 0.717) is 0 Å². The van der Waals surface area contributed by atoms with Crippen LogP contribution in [0.25, 0.3) is 0 Å². The van der Waals surface area contributed by atoms with Gasteiger partial charge in [-0.05, 0) is 24.1 Å². The molecular weight excluding hydrogens is 327 g/mol. The van der Waals surface area contributed by atoms with Crippen LogP contribution in [0.4, 0.5) is 9.18 Å². The molecule has 0 aliphatic rings. The molecule has 0 radical (unpaired) electrons. The van der Waals surface area contributed by atoms with Gasteiger partial charge in [-0.25, -0.2) is 18.8 Å². The normalized spacial score (nSPS) is 12.7. The Morgan fingerprint density at radius 1 is 0.958 bits per heavy atom. The van der Waals surface area contributed by atoms with Crippen molar-refractivity contribution >= 4 is 23.9 Å². The van der Waals surface area contributed by atoms with Gasteiger partial charge >= 0.3 is 23.9 Å². The van der Waals surface area contributed by atoms with E-state index in [4.69, 9.17) is 15.3 Å². The van der Waals surface area contributed by atoms with E-state index < -0.39 is 48.3 Å². The van der Waals surface area contributed by atoms with Crippen LogP contribution in [-0.4, -0.2) is 45.3 Å². The van der Waals surface area contributed by atoms with Crippen LogP contribution >= 0.6 is 0 Å². The lowest BCUT2D eigenvalue weighted by Crippen LogP contribution is -2.48. The van der Waals surface area contributed by atoms with Gasteiger partial charge in [0, 0.05) is 6.42 Å². The van der Waals surface area contributed by atoms with Gasteiger partial charge in [0.2, 0.25) is 0 Å². The lowest BCUT2D eigenvalue weighted by molar-refractivity contribution is -0.140. The SMILES string of the molecule is O=C(O)CCC(NC(=O)NC(C(=O)O)c1ccc(F)cc1)C(=O)O. The summed E-state index contributed by atoms with van der Waals surface area (Å²) in [6, 6.07) is 0.212. The molecule has 1 aromatic rings. The Hall–Kier alpha value is -3.17. The maximum absolute atomic E-state index is 12.9. The van der Waals surface area contributed by atoms with Crippen molar-refractivity contribution in [2.75, 3.05) is 0 Å². The highest BCUT2D eigenvalue weighted by Gasteiger charge is 2.26. The van der Waals surface area contributed by atoms with Crippen molar-refractivity contribution in [1.29, 1.82) is 0 Å². The standard InChI is InChI=1S/C14H15FN2O7/c15-8-3-1-7(2-4-8)11(13(22)23)17-14(24)16-9(12(20)21)5-6-10(18)19/h1-4,9,11H,5-6H2,(H,18,19)(H,20,21)(H,22,23)(H2,16,17,24). The molecule has 5 N–H and O–H groups in total. The number of carboxylic acid groups (broad SMARTS) is 3. The Balaban J connectivity index is 2.77. The third-order valence-electron chi connectivity index (χ3n) is 2.98. The van der Waals surface area contributed by atoms with Crippen molar-refractivity contribution in [3.63, 3.8) is 0 Å². The Bertz CT molecular complexity index is 633. The molecule has 24 heavy (non-hydrogen) atoms. The van der Waals surface area contributed by atoms with Gasteiger partial charge in [0.15, 0.2) is 6.04 Å². The third kappa shape index (κ3) is 5.91. The van der Waals surface area contributed by atoms with Crippen molar-refractivity contribution in [3.8, 4) is 0 Å². The Kier molecular flexibility index (Phi) is 6.65. The first kappa shape index (κ1) is 18.9. The van der Waals surface area contributed by atoms with E-state index in [1.165, 1.54) is 0 Å². The van der Waals surface area contributed by atoms with E-state index in [9.17, 15) is 23.6 Å². The van der Waals surface area contributed by atoms with Crippen molar-refractivity contribution in [3.05, 3.63) is 35.6 Å². The number of urea groups is 1. The number of rotatable bonds is 8. The van der Waals surface area contributed by atoms with E-state index in [0.717, 1.165) is 24.3 Å². The first-order valence-electron chi connectivity index (χ1n) is 6.70. The predicted molar refractivity (Wildman–Crippen MR) is 76.7 cm³/mol. The number of carbonyl (C=O) groups is 4. The molecular formula is C14H15FN2O7. The third-order valence-corrected chi connectivity index (χ3v) is 2.98. The van der Waals surface area contributed by atoms with Gasteiger partial charge in [-0.1, -0.05) is 12.1 Å². The first-order chi connectivity index (χ1) is 11.2. The van der Waals surface area contributed by atoms with Crippen molar-refractivity contribution in [2.24, 2.45) is 0 Å². The van der Waals surface area contributed by atoms with Gasteiger partial charge in [0.1, 0.15) is 11.9 Å². The molecule has 2 atom stereocenters. The monoisotopic (exact) mass is 342 g/mol. The molecule has 2 amide bonds. The lowest BCUT2D eigenvalue weighted by Gasteiger charge is -2.18. The molecule has 1 aromatic carbocycles. The number of benzene rings is 1. The Morgan fingerprint density at radius 2 is 1.54 bits per heavy atom. The first-order valence-corrected chi connectivity index (χ1v) is 6.70. The molecule has 130 valence electrons. The zero-order valence-electron chi connectivity index (χ0n) is 12.2. The van der Waals surface area contributed by atoms with Gasteiger partial charge < -0.3 is 26.0 Å². The molecule has 0 bridgehead atoms. The van der Waals surface area contributed by atoms with E-state index in [1.807, 2.05) is 10.6 Å². The van der Waals surface area contributed by atoms with Crippen molar-refractivity contribution in [1.82, 2.24) is 10.6 Å². The van der Waals surface area contributed by atoms with E-state index >= 15 is 0 Å². The molecule has 10 heteroatoms. The molecule has 0 aromatic heterocycles. The van der Waals surface area contributed by atoms with Crippen molar-refractivity contribution in [2.45, 2.75) is 24.9 Å². The summed E-state index contributed by atoms with van der Waals surface area (Å²) >= 11 is 0. The molecule has 9 nitrogen and oxygen atoms in total. The van der Waals surface area contributed by atoms with Gasteiger partial charge in [-0.3, -0.25) is 4.79 Å². The Labute approximate surface area is 135 Å². The fourth-order valence-electron chi connectivity index (χ4n) is 1.80. The number of amides is 2. The molecule has 0 saturated heterocycles. The number of hydrogen-bond donors (Lipinski definition) is 5. The predicted octanol–water partition coefficient (Wildman–Crippen LogP) is 0.569. The molecule has 0 spiro atoms. The fraction of sp³-hybridized carbons (Fsp3) is 0.286. The molecule has 0 heterocycles. The topological polar surface area (TPSA) is 153 Å². The maximum atomic E-state index is 12.9. The molecule has 0 aliphatic carbocycles. The second-order valence-electron chi connectivity index (χ2n) is 4.76. The minimum Gasteiger partial charge on any atom is -0.481 e. The maximum Gasteiger partial charge on any atom is 0.330 e. The van der Waals surface area contributed by atoms with Gasteiger partial charge in [0.05, 0.1) is 0 Å². The number of nitrogens with one attached hydrogen (secondary N) is 2. The second kappa shape index (κ2) is 8.46. The summed E-state index contributed by atoms with van der Waals surface area (Å²) < 4.78 is 12.9. The highest BCUT2D eigenvalue weighted by molar-refractivity contribution is 5.86. The zero-order valence-corrected chi connectivity index (χ0v) is 12.2. The Morgan fingerprint density at radius 3 is 2.00 bits per heavy atom. The summed E-state index contributed by atoms with van der Waals surface area (Å²) in [4.78, 5) is 44.5. The fourth-order valence-corrected chi connectivity index (χ4v) is 1.80. The zero-order chi connectivity index (χ0) is 18.3. The number of aliphatic carboxylic acids is 3. The van der Waals surface area contributed by atoms with Crippen LogP contribution in [-0.2, 0) is 14.4 Å². The van der Waals surface area contributed by atoms with E-state index in [1.54, 1.807) is 0 Å². The quantitative estimate of drug-likeness (QED) is 0.463. The molecule has 0 aliphatic heterocycles. The average molecular weight is 342 g/mol. The molecule has 1 rings (SSSR count). The van der Waals surface area contributed by atoms with Crippen LogP contribution in [0.15, 0.2) is 24.3 Å². The molecule has 0 saturated carbocycles. The summed E-state index contributed by atoms with van der Waals surface area (Å²) in [6.45, 7) is 0. The smallest absolute Gasteiger partial charge is 0.330 e. The van der Waals surface area contributed by atoms with Crippen LogP contribution in [0.2, 0.25) is 0 Å². The van der Waals surface area contributed by atoms with E-state index in [-0.39, 0.29) is 12.0 Å². The average Bonchev–Trinajstić information content (AvgIpc) is 2.49. The number of carboxylic acids is 3. The van der Waals surface area contributed by atoms with Gasteiger partial charge in [0.25, 0.3) is 0 Å². The highest BCUT2D eigenvalue weighted by atomic mass is 19.1. The number of carbonyl (C=O) groups excluding carboxylic acids is 1. The van der Waals surface area contributed by atoms with Crippen LogP contribution in [0.3, 0.4) is 0 Å².